The van der Waals surface area contributed by atoms with Gasteiger partial charge in [0.2, 0.25) is 5.91 Å². The summed E-state index contributed by atoms with van der Waals surface area (Å²) in [6.07, 6.45) is 5.94. The van der Waals surface area contributed by atoms with Gasteiger partial charge in [-0.1, -0.05) is 19.8 Å². The number of likely N-dealkylation sites (tertiary alicyclic amines) is 1. The molecule has 27 heavy (non-hydrogen) atoms. The third-order valence-corrected chi connectivity index (χ3v) is 5.74. The van der Waals surface area contributed by atoms with Gasteiger partial charge in [0.15, 0.2) is 0 Å². The maximum absolute atomic E-state index is 12.6. The van der Waals surface area contributed by atoms with Crippen molar-refractivity contribution < 1.29 is 9.59 Å². The number of rotatable bonds is 5. The van der Waals surface area contributed by atoms with Crippen molar-refractivity contribution in [3.63, 3.8) is 0 Å². The second-order valence-electron chi connectivity index (χ2n) is 7.70. The molecule has 1 aromatic carbocycles. The average Bonchev–Trinajstić information content (AvgIpc) is 3.31. The van der Waals surface area contributed by atoms with Crippen molar-refractivity contribution in [2.75, 3.05) is 25.5 Å². The van der Waals surface area contributed by atoms with E-state index in [4.69, 9.17) is 5.26 Å². The minimum absolute atomic E-state index is 0.179. The van der Waals surface area contributed by atoms with Crippen LogP contribution in [-0.4, -0.2) is 47.9 Å². The number of nitrogens with one attached hydrogen (secondary N) is 1. The number of urea groups is 1. The summed E-state index contributed by atoms with van der Waals surface area (Å²) >= 11 is 0. The van der Waals surface area contributed by atoms with Crippen molar-refractivity contribution in [2.24, 2.45) is 5.92 Å². The Balaban J connectivity index is 1.57. The molecule has 1 N–H and O–H groups in total. The monoisotopic (exact) mass is 368 g/mol. The summed E-state index contributed by atoms with van der Waals surface area (Å²) in [5.74, 6) is 0.432. The van der Waals surface area contributed by atoms with E-state index in [1.807, 2.05) is 17.9 Å². The van der Waals surface area contributed by atoms with E-state index in [1.54, 1.807) is 24.1 Å². The summed E-state index contributed by atoms with van der Waals surface area (Å²) < 4.78 is 0. The fourth-order valence-corrected chi connectivity index (χ4v) is 4.26. The molecule has 0 spiro atoms. The van der Waals surface area contributed by atoms with E-state index >= 15 is 0 Å². The van der Waals surface area contributed by atoms with Crippen LogP contribution in [0.3, 0.4) is 0 Å². The van der Waals surface area contributed by atoms with Gasteiger partial charge in [-0.3, -0.25) is 4.79 Å². The number of nitriles is 1. The van der Waals surface area contributed by atoms with E-state index in [9.17, 15) is 9.59 Å². The van der Waals surface area contributed by atoms with Gasteiger partial charge in [-0.05, 0) is 43.0 Å². The summed E-state index contributed by atoms with van der Waals surface area (Å²) in [6, 6.07) is 7.66. The van der Waals surface area contributed by atoms with Crippen LogP contribution in [0.2, 0.25) is 0 Å². The van der Waals surface area contributed by atoms with Crippen LogP contribution in [0.15, 0.2) is 18.2 Å². The fraction of sp³-hybridized carbons (Fsp3) is 0.571. The SMILES string of the molecule is CCc1cc(C#N)ccc1NC(=O)N(C)CC1CC(=O)N(C2CCCC2)C1. The second-order valence-corrected chi connectivity index (χ2v) is 7.70. The van der Waals surface area contributed by atoms with Gasteiger partial charge in [0, 0.05) is 44.2 Å². The van der Waals surface area contributed by atoms with Crippen LogP contribution in [0.25, 0.3) is 0 Å². The van der Waals surface area contributed by atoms with Gasteiger partial charge in [0.1, 0.15) is 0 Å². The quantitative estimate of drug-likeness (QED) is 0.866. The molecule has 1 saturated carbocycles. The molecule has 2 aliphatic rings. The van der Waals surface area contributed by atoms with Gasteiger partial charge < -0.3 is 15.1 Å². The molecule has 144 valence electrons. The van der Waals surface area contributed by atoms with E-state index in [-0.39, 0.29) is 17.9 Å². The highest BCUT2D eigenvalue weighted by atomic mass is 16.2. The van der Waals surface area contributed by atoms with Gasteiger partial charge in [0.25, 0.3) is 0 Å². The number of aryl methyl sites for hydroxylation is 1. The lowest BCUT2D eigenvalue weighted by Crippen LogP contribution is -2.38. The first-order chi connectivity index (χ1) is 13.0. The molecule has 0 bridgehead atoms. The van der Waals surface area contributed by atoms with E-state index < -0.39 is 0 Å². The summed E-state index contributed by atoms with van der Waals surface area (Å²) in [4.78, 5) is 28.6. The Kier molecular flexibility index (Phi) is 6.00. The molecule has 0 aromatic heterocycles. The van der Waals surface area contributed by atoms with Crippen molar-refractivity contribution in [2.45, 2.75) is 51.5 Å². The zero-order valence-corrected chi connectivity index (χ0v) is 16.2. The Labute approximate surface area is 161 Å². The second kappa shape index (κ2) is 8.43. The summed E-state index contributed by atoms with van der Waals surface area (Å²) in [7, 11) is 1.77. The van der Waals surface area contributed by atoms with Crippen LogP contribution < -0.4 is 5.32 Å². The van der Waals surface area contributed by atoms with Crippen LogP contribution in [0.4, 0.5) is 10.5 Å². The largest absolute Gasteiger partial charge is 0.339 e. The number of benzene rings is 1. The van der Waals surface area contributed by atoms with Crippen molar-refractivity contribution in [1.82, 2.24) is 9.80 Å². The van der Waals surface area contributed by atoms with Gasteiger partial charge in [-0.2, -0.15) is 5.26 Å². The van der Waals surface area contributed by atoms with Gasteiger partial charge in [0.05, 0.1) is 11.6 Å². The fourth-order valence-electron chi connectivity index (χ4n) is 4.26. The maximum Gasteiger partial charge on any atom is 0.321 e. The first-order valence-electron chi connectivity index (χ1n) is 9.86. The van der Waals surface area contributed by atoms with Gasteiger partial charge >= 0.3 is 6.03 Å². The molecular formula is C21H28N4O2. The minimum Gasteiger partial charge on any atom is -0.339 e. The van der Waals surface area contributed by atoms with Crippen molar-refractivity contribution >= 4 is 17.6 Å². The van der Waals surface area contributed by atoms with Gasteiger partial charge in [-0.15, -0.1) is 0 Å². The maximum atomic E-state index is 12.6. The number of anilines is 1. The number of nitrogens with zero attached hydrogens (tertiary/aromatic N) is 3. The van der Waals surface area contributed by atoms with E-state index in [0.29, 0.717) is 24.6 Å². The molecule has 1 saturated heterocycles. The zero-order valence-electron chi connectivity index (χ0n) is 16.2. The molecule has 6 nitrogen and oxygen atoms in total. The smallest absolute Gasteiger partial charge is 0.321 e. The van der Waals surface area contributed by atoms with Crippen molar-refractivity contribution in [3.05, 3.63) is 29.3 Å². The first kappa shape index (κ1) is 19.2. The molecular weight excluding hydrogens is 340 g/mol. The van der Waals surface area contributed by atoms with E-state index in [0.717, 1.165) is 37.1 Å². The molecule has 3 rings (SSSR count). The molecule has 1 aliphatic heterocycles. The van der Waals surface area contributed by atoms with E-state index in [1.165, 1.54) is 12.8 Å². The lowest BCUT2D eigenvalue weighted by atomic mass is 10.1. The van der Waals surface area contributed by atoms with Crippen molar-refractivity contribution in [3.8, 4) is 6.07 Å². The third kappa shape index (κ3) is 4.41. The Morgan fingerprint density at radius 1 is 1.37 bits per heavy atom. The standard InChI is InChI=1S/C21H28N4O2/c1-3-17-10-15(12-22)8-9-19(17)23-21(27)24(2)13-16-11-20(26)25(14-16)18-6-4-5-7-18/h8-10,16,18H,3-7,11,13-14H2,1-2H3,(H,23,27). The highest BCUT2D eigenvalue weighted by molar-refractivity contribution is 5.90. The minimum atomic E-state index is -0.179. The lowest BCUT2D eigenvalue weighted by Gasteiger charge is -2.25. The molecule has 6 heteroatoms. The topological polar surface area (TPSA) is 76.4 Å². The molecule has 1 atom stereocenters. The Morgan fingerprint density at radius 2 is 2.11 bits per heavy atom. The lowest BCUT2D eigenvalue weighted by molar-refractivity contribution is -0.129. The normalized spacial score (nSPS) is 20.0. The van der Waals surface area contributed by atoms with Crippen LogP contribution in [0.5, 0.6) is 0 Å². The van der Waals surface area contributed by atoms with Crippen LogP contribution in [-0.2, 0) is 11.2 Å². The predicted octanol–water partition coefficient (Wildman–Crippen LogP) is 3.38. The summed E-state index contributed by atoms with van der Waals surface area (Å²) in [6.45, 7) is 3.33. The highest BCUT2D eigenvalue weighted by Gasteiger charge is 2.36. The van der Waals surface area contributed by atoms with Crippen LogP contribution in [0.1, 0.15) is 50.2 Å². The predicted molar refractivity (Wildman–Crippen MR) is 104 cm³/mol. The number of hydrogen-bond donors (Lipinski definition) is 1. The van der Waals surface area contributed by atoms with Gasteiger partial charge in [-0.25, -0.2) is 4.79 Å². The molecule has 3 amide bonds. The van der Waals surface area contributed by atoms with Crippen LogP contribution >= 0.6 is 0 Å². The Morgan fingerprint density at radius 3 is 2.78 bits per heavy atom. The summed E-state index contributed by atoms with van der Waals surface area (Å²) in [5.41, 5.74) is 2.28. The van der Waals surface area contributed by atoms with E-state index in [2.05, 4.69) is 11.4 Å². The number of carbonyl (C=O) groups is 2. The first-order valence-corrected chi connectivity index (χ1v) is 9.86. The van der Waals surface area contributed by atoms with Crippen molar-refractivity contribution in [1.29, 1.82) is 5.26 Å². The Bertz CT molecular complexity index is 749. The highest BCUT2D eigenvalue weighted by Crippen LogP contribution is 2.29. The molecule has 1 aliphatic carbocycles. The molecule has 1 unspecified atom stereocenters. The Hall–Kier alpha value is -2.55. The summed E-state index contributed by atoms with van der Waals surface area (Å²) in [5, 5.41) is 12.0. The number of amides is 3. The van der Waals surface area contributed by atoms with Crippen LogP contribution in [0, 0.1) is 17.2 Å². The molecule has 0 radical (unpaired) electrons. The third-order valence-electron chi connectivity index (χ3n) is 5.74. The molecule has 1 heterocycles. The number of hydrogen-bond acceptors (Lipinski definition) is 3. The molecule has 2 fully saturated rings. The zero-order chi connectivity index (χ0) is 19.4. The number of carbonyl (C=O) groups excluding carboxylic acids is 2. The average molecular weight is 368 g/mol. The molecule has 1 aromatic rings.